The minimum atomic E-state index is 0.636. The molecule has 0 aliphatic heterocycles. The van der Waals surface area contributed by atoms with Crippen molar-refractivity contribution in [3.05, 3.63) is 35.4 Å². The third-order valence-electron chi connectivity index (χ3n) is 4.59. The van der Waals surface area contributed by atoms with E-state index in [9.17, 15) is 0 Å². The van der Waals surface area contributed by atoms with Gasteiger partial charge in [-0.25, -0.2) is 0 Å². The highest BCUT2D eigenvalue weighted by Gasteiger charge is 2.40. The first-order chi connectivity index (χ1) is 8.42. The van der Waals surface area contributed by atoms with E-state index in [1.54, 1.807) is 11.1 Å². The van der Waals surface area contributed by atoms with Gasteiger partial charge in [-0.15, -0.1) is 0 Å². The van der Waals surface area contributed by atoms with Crippen LogP contribution in [0.2, 0.25) is 0 Å². The van der Waals surface area contributed by atoms with Gasteiger partial charge in [-0.05, 0) is 48.8 Å². The van der Waals surface area contributed by atoms with Crippen LogP contribution in [0.15, 0.2) is 24.3 Å². The fourth-order valence-electron chi connectivity index (χ4n) is 3.87. The van der Waals surface area contributed by atoms with Crippen LogP contribution in [0.25, 0.3) is 0 Å². The van der Waals surface area contributed by atoms with E-state index in [2.05, 4.69) is 36.5 Å². The average Bonchev–Trinajstić information content (AvgIpc) is 2.71. The summed E-state index contributed by atoms with van der Waals surface area (Å²) in [6.07, 6.45) is 6.91. The Morgan fingerprint density at radius 2 is 1.88 bits per heavy atom. The highest BCUT2D eigenvalue weighted by Crippen LogP contribution is 2.51. The molecule has 0 radical (unpaired) electrons. The monoisotopic (exact) mass is 229 g/mol. The van der Waals surface area contributed by atoms with Crippen molar-refractivity contribution < 1.29 is 0 Å². The van der Waals surface area contributed by atoms with Gasteiger partial charge >= 0.3 is 0 Å². The van der Waals surface area contributed by atoms with Crippen LogP contribution in [0.4, 0.5) is 0 Å². The molecule has 1 saturated carbocycles. The Morgan fingerprint density at radius 3 is 2.71 bits per heavy atom. The van der Waals surface area contributed by atoms with Crippen molar-refractivity contribution in [2.75, 3.05) is 6.54 Å². The summed E-state index contributed by atoms with van der Waals surface area (Å²) in [6.45, 7) is 3.41. The van der Waals surface area contributed by atoms with Crippen molar-refractivity contribution in [2.24, 2.45) is 5.92 Å². The van der Waals surface area contributed by atoms with Gasteiger partial charge in [-0.2, -0.15) is 0 Å². The lowest BCUT2D eigenvalue weighted by molar-refractivity contribution is 0.264. The molecule has 1 aromatic carbocycles. The van der Waals surface area contributed by atoms with Crippen LogP contribution in [0.1, 0.15) is 62.1 Å². The van der Waals surface area contributed by atoms with Crippen LogP contribution < -0.4 is 5.32 Å². The normalized spacial score (nSPS) is 31.0. The molecule has 2 aliphatic rings. The van der Waals surface area contributed by atoms with Crippen molar-refractivity contribution in [2.45, 2.75) is 51.0 Å². The van der Waals surface area contributed by atoms with E-state index >= 15 is 0 Å². The molecule has 3 atom stereocenters. The van der Waals surface area contributed by atoms with Gasteiger partial charge in [0.15, 0.2) is 0 Å². The maximum absolute atomic E-state index is 3.79. The van der Waals surface area contributed by atoms with E-state index in [1.165, 1.54) is 32.1 Å². The molecule has 0 saturated heterocycles. The number of benzene rings is 1. The molecule has 92 valence electrons. The number of rotatable bonds is 3. The first-order valence-electron chi connectivity index (χ1n) is 7.24. The van der Waals surface area contributed by atoms with E-state index in [0.29, 0.717) is 6.04 Å². The molecule has 1 fully saturated rings. The van der Waals surface area contributed by atoms with E-state index in [0.717, 1.165) is 18.4 Å². The lowest BCUT2D eigenvalue weighted by atomic mass is 9.78. The van der Waals surface area contributed by atoms with E-state index < -0.39 is 0 Å². The second kappa shape index (κ2) is 4.81. The van der Waals surface area contributed by atoms with Crippen molar-refractivity contribution in [1.29, 1.82) is 0 Å². The SMILES string of the molecule is CCCNC1c2ccccc2C2CCCCC21. The Balaban J connectivity index is 1.91. The first-order valence-corrected chi connectivity index (χ1v) is 7.24. The molecule has 17 heavy (non-hydrogen) atoms. The van der Waals surface area contributed by atoms with Crippen LogP contribution in [0.5, 0.6) is 0 Å². The zero-order valence-electron chi connectivity index (χ0n) is 10.8. The van der Waals surface area contributed by atoms with Gasteiger partial charge in [0.2, 0.25) is 0 Å². The lowest BCUT2D eigenvalue weighted by Crippen LogP contribution is -2.28. The Bertz CT molecular complexity index is 385. The molecule has 1 N–H and O–H groups in total. The predicted molar refractivity (Wildman–Crippen MR) is 72.2 cm³/mol. The van der Waals surface area contributed by atoms with Gasteiger partial charge in [-0.1, -0.05) is 44.0 Å². The topological polar surface area (TPSA) is 12.0 Å². The van der Waals surface area contributed by atoms with Crippen LogP contribution in [0.3, 0.4) is 0 Å². The number of nitrogens with one attached hydrogen (secondary N) is 1. The summed E-state index contributed by atoms with van der Waals surface area (Å²) in [5, 5.41) is 3.79. The Morgan fingerprint density at radius 1 is 1.12 bits per heavy atom. The van der Waals surface area contributed by atoms with Gasteiger partial charge < -0.3 is 5.32 Å². The van der Waals surface area contributed by atoms with Gasteiger partial charge in [0, 0.05) is 6.04 Å². The Labute approximate surface area is 105 Å². The van der Waals surface area contributed by atoms with Crippen LogP contribution in [-0.4, -0.2) is 6.54 Å². The maximum Gasteiger partial charge on any atom is 0.0357 e. The average molecular weight is 229 g/mol. The lowest BCUT2D eigenvalue weighted by Gasteiger charge is -2.30. The van der Waals surface area contributed by atoms with Crippen LogP contribution in [0, 0.1) is 5.92 Å². The summed E-state index contributed by atoms with van der Waals surface area (Å²) in [5.74, 6) is 1.71. The summed E-state index contributed by atoms with van der Waals surface area (Å²) >= 11 is 0. The molecule has 0 heterocycles. The van der Waals surface area contributed by atoms with Gasteiger partial charge in [0.1, 0.15) is 0 Å². The molecule has 0 amide bonds. The second-order valence-corrected chi connectivity index (χ2v) is 5.62. The summed E-state index contributed by atoms with van der Waals surface area (Å²) < 4.78 is 0. The molecule has 3 rings (SSSR count). The van der Waals surface area contributed by atoms with Crippen LogP contribution in [-0.2, 0) is 0 Å². The zero-order valence-corrected chi connectivity index (χ0v) is 10.8. The number of hydrogen-bond donors (Lipinski definition) is 1. The molecule has 3 unspecified atom stereocenters. The fourth-order valence-corrected chi connectivity index (χ4v) is 3.87. The molecular formula is C16H23N. The fraction of sp³-hybridized carbons (Fsp3) is 0.625. The van der Waals surface area contributed by atoms with E-state index in [-0.39, 0.29) is 0 Å². The molecule has 0 bridgehead atoms. The number of hydrogen-bond acceptors (Lipinski definition) is 1. The molecule has 1 aromatic rings. The third-order valence-corrected chi connectivity index (χ3v) is 4.59. The summed E-state index contributed by atoms with van der Waals surface area (Å²) in [5.41, 5.74) is 3.24. The van der Waals surface area contributed by atoms with Crippen LogP contribution >= 0.6 is 0 Å². The van der Waals surface area contributed by atoms with E-state index in [1.807, 2.05) is 0 Å². The van der Waals surface area contributed by atoms with Crippen molar-refractivity contribution >= 4 is 0 Å². The minimum Gasteiger partial charge on any atom is -0.310 e. The molecule has 0 aromatic heterocycles. The summed E-state index contributed by atoms with van der Waals surface area (Å²) in [6, 6.07) is 9.77. The maximum atomic E-state index is 3.79. The largest absolute Gasteiger partial charge is 0.310 e. The standard InChI is InChI=1S/C16H23N/c1-2-11-17-16-14-9-5-3-7-12(14)13-8-4-6-10-15(13)16/h3,5,7,9,13,15-17H,2,4,6,8,10-11H2,1H3. The van der Waals surface area contributed by atoms with E-state index in [4.69, 9.17) is 0 Å². The summed E-state index contributed by atoms with van der Waals surface area (Å²) in [4.78, 5) is 0. The first kappa shape index (κ1) is 11.3. The Hall–Kier alpha value is -0.820. The van der Waals surface area contributed by atoms with Crippen molar-refractivity contribution in [1.82, 2.24) is 5.32 Å². The quantitative estimate of drug-likeness (QED) is 0.825. The molecule has 1 heteroatoms. The van der Waals surface area contributed by atoms with Gasteiger partial charge in [0.25, 0.3) is 0 Å². The van der Waals surface area contributed by atoms with Crippen molar-refractivity contribution in [3.63, 3.8) is 0 Å². The zero-order chi connectivity index (χ0) is 11.7. The van der Waals surface area contributed by atoms with Gasteiger partial charge in [0.05, 0.1) is 0 Å². The highest BCUT2D eigenvalue weighted by molar-refractivity contribution is 5.40. The molecule has 1 nitrogen and oxygen atoms in total. The molecule has 2 aliphatic carbocycles. The smallest absolute Gasteiger partial charge is 0.0357 e. The van der Waals surface area contributed by atoms with Crippen molar-refractivity contribution in [3.8, 4) is 0 Å². The molecular weight excluding hydrogens is 206 g/mol. The third kappa shape index (κ3) is 1.91. The Kier molecular flexibility index (Phi) is 3.19. The van der Waals surface area contributed by atoms with Gasteiger partial charge in [-0.3, -0.25) is 0 Å². The number of fused-ring (bicyclic) bond motifs is 3. The molecule has 0 spiro atoms. The summed E-state index contributed by atoms with van der Waals surface area (Å²) in [7, 11) is 0. The predicted octanol–water partition coefficient (Wildman–Crippen LogP) is 4.01. The second-order valence-electron chi connectivity index (χ2n) is 5.62. The minimum absolute atomic E-state index is 0.636. The highest BCUT2D eigenvalue weighted by atomic mass is 14.9.